The lowest BCUT2D eigenvalue weighted by atomic mass is 10.0. The lowest BCUT2D eigenvalue weighted by Gasteiger charge is -2.16. The van der Waals surface area contributed by atoms with Crippen molar-refractivity contribution in [2.75, 3.05) is 20.0 Å². The highest BCUT2D eigenvalue weighted by Gasteiger charge is 2.26. The van der Waals surface area contributed by atoms with Gasteiger partial charge in [0.15, 0.2) is 6.10 Å². The zero-order chi connectivity index (χ0) is 26.5. The van der Waals surface area contributed by atoms with Crippen molar-refractivity contribution in [3.63, 3.8) is 0 Å². The second kappa shape index (κ2) is 11.5. The van der Waals surface area contributed by atoms with E-state index in [1.807, 2.05) is 13.0 Å². The number of fused-ring (bicyclic) bond motifs is 1. The maximum absolute atomic E-state index is 13.3. The number of hydrogen-bond donors (Lipinski definition) is 0. The summed E-state index contributed by atoms with van der Waals surface area (Å²) in [5.74, 6) is -1.32. The van der Waals surface area contributed by atoms with Gasteiger partial charge in [0.25, 0.3) is 15.7 Å². The van der Waals surface area contributed by atoms with Crippen LogP contribution in [-0.4, -0.2) is 44.9 Å². The molecule has 2 aromatic carbocycles. The predicted octanol–water partition coefficient (Wildman–Crippen LogP) is 3.37. The Morgan fingerprint density at radius 1 is 1.03 bits per heavy atom. The first-order valence-electron chi connectivity index (χ1n) is 11.5. The number of carbonyl (C=O) groups excluding carboxylic acids is 2. The maximum atomic E-state index is 13.3. The van der Waals surface area contributed by atoms with Gasteiger partial charge in [0.2, 0.25) is 0 Å². The molecule has 0 N–H and O–H groups in total. The fraction of sp³-hybridized carbons (Fsp3) is 0.346. The average Bonchev–Trinajstić information content (AvgIpc) is 2.84. The highest BCUT2D eigenvalue weighted by molar-refractivity contribution is 7.86. The molecular weight excluding hydrogens is 486 g/mol. The minimum Gasteiger partial charge on any atom is -0.467 e. The molecule has 0 saturated carbocycles. The molecule has 1 aromatic heterocycles. The van der Waals surface area contributed by atoms with Crippen LogP contribution < -0.4 is 5.56 Å². The van der Waals surface area contributed by atoms with Gasteiger partial charge in [-0.05, 0) is 48.1 Å². The third kappa shape index (κ3) is 6.38. The molecule has 0 spiro atoms. The Balaban J connectivity index is 2.05. The fourth-order valence-electron chi connectivity index (χ4n) is 3.87. The van der Waals surface area contributed by atoms with Gasteiger partial charge in [-0.25, -0.2) is 9.59 Å². The Hall–Kier alpha value is -3.50. The van der Waals surface area contributed by atoms with Gasteiger partial charge < -0.3 is 14.0 Å². The van der Waals surface area contributed by atoms with Crippen LogP contribution in [0.3, 0.4) is 0 Å². The lowest BCUT2D eigenvalue weighted by molar-refractivity contribution is -0.149. The zero-order valence-electron chi connectivity index (χ0n) is 20.6. The molecule has 0 aliphatic carbocycles. The molecule has 0 bridgehead atoms. The van der Waals surface area contributed by atoms with Crippen molar-refractivity contribution in [1.29, 1.82) is 0 Å². The number of rotatable bonds is 10. The SMILES string of the molecule is CCCc1cc2ccc(C(=O)OCC)cc2n(Cc2ccc(C(OS(C)(=O)=O)C(=O)OC)cc2)c1=O. The Morgan fingerprint density at radius 3 is 2.31 bits per heavy atom. The van der Waals surface area contributed by atoms with Crippen LogP contribution in [-0.2, 0) is 41.5 Å². The van der Waals surface area contributed by atoms with Crippen molar-refractivity contribution in [1.82, 2.24) is 4.57 Å². The Bertz CT molecular complexity index is 1420. The average molecular weight is 516 g/mol. The van der Waals surface area contributed by atoms with Crippen LogP contribution in [0.15, 0.2) is 53.3 Å². The predicted molar refractivity (Wildman–Crippen MR) is 134 cm³/mol. The number of carbonyl (C=O) groups is 2. The molecule has 0 amide bonds. The van der Waals surface area contributed by atoms with Gasteiger partial charge in [-0.2, -0.15) is 8.42 Å². The zero-order valence-corrected chi connectivity index (χ0v) is 21.5. The first-order chi connectivity index (χ1) is 17.1. The van der Waals surface area contributed by atoms with E-state index in [-0.39, 0.29) is 24.3 Å². The lowest BCUT2D eigenvalue weighted by Crippen LogP contribution is -2.25. The summed E-state index contributed by atoms with van der Waals surface area (Å²) in [6.45, 7) is 4.14. The van der Waals surface area contributed by atoms with Gasteiger partial charge >= 0.3 is 11.9 Å². The summed E-state index contributed by atoms with van der Waals surface area (Å²) in [5, 5.41) is 0.815. The van der Waals surface area contributed by atoms with E-state index in [0.717, 1.165) is 30.7 Å². The topological polar surface area (TPSA) is 118 Å². The summed E-state index contributed by atoms with van der Waals surface area (Å²) >= 11 is 0. The molecular formula is C26H29NO8S. The summed E-state index contributed by atoms with van der Waals surface area (Å²) < 4.78 is 39.5. The minimum absolute atomic E-state index is 0.165. The van der Waals surface area contributed by atoms with E-state index in [1.165, 1.54) is 0 Å². The van der Waals surface area contributed by atoms with E-state index in [1.54, 1.807) is 54.0 Å². The number of esters is 2. The first-order valence-corrected chi connectivity index (χ1v) is 13.3. The van der Waals surface area contributed by atoms with Crippen LogP contribution in [0.2, 0.25) is 0 Å². The number of nitrogens with zero attached hydrogens (tertiary/aromatic N) is 1. The van der Waals surface area contributed by atoms with Crippen molar-refractivity contribution >= 4 is 33.0 Å². The molecule has 1 heterocycles. The molecule has 36 heavy (non-hydrogen) atoms. The summed E-state index contributed by atoms with van der Waals surface area (Å²) in [7, 11) is -2.79. The molecule has 192 valence electrons. The van der Waals surface area contributed by atoms with Crippen LogP contribution in [0.1, 0.15) is 53.4 Å². The number of aryl methyl sites for hydroxylation is 1. The van der Waals surface area contributed by atoms with Crippen LogP contribution in [0.5, 0.6) is 0 Å². The smallest absolute Gasteiger partial charge is 0.341 e. The number of ether oxygens (including phenoxy) is 2. The molecule has 0 fully saturated rings. The van der Waals surface area contributed by atoms with E-state index in [0.29, 0.717) is 23.1 Å². The normalized spacial score (nSPS) is 12.3. The van der Waals surface area contributed by atoms with Gasteiger partial charge in [0.05, 0.1) is 37.6 Å². The largest absolute Gasteiger partial charge is 0.467 e. The van der Waals surface area contributed by atoms with Gasteiger partial charge in [-0.1, -0.05) is 43.7 Å². The Labute approximate surface area is 209 Å². The van der Waals surface area contributed by atoms with Crippen LogP contribution in [0.4, 0.5) is 0 Å². The van der Waals surface area contributed by atoms with Gasteiger partial charge in [-0.3, -0.25) is 8.98 Å². The Morgan fingerprint density at radius 2 is 1.72 bits per heavy atom. The number of hydrogen-bond acceptors (Lipinski definition) is 8. The summed E-state index contributed by atoms with van der Waals surface area (Å²) in [6.07, 6.45) is 0.813. The molecule has 0 aliphatic rings. The summed E-state index contributed by atoms with van der Waals surface area (Å²) in [4.78, 5) is 37.7. The van der Waals surface area contributed by atoms with Gasteiger partial charge in [-0.15, -0.1) is 0 Å². The highest BCUT2D eigenvalue weighted by Crippen LogP contribution is 2.23. The highest BCUT2D eigenvalue weighted by atomic mass is 32.2. The van der Waals surface area contributed by atoms with E-state index >= 15 is 0 Å². The van der Waals surface area contributed by atoms with Gasteiger partial charge in [0.1, 0.15) is 0 Å². The molecule has 10 heteroatoms. The second-order valence-electron chi connectivity index (χ2n) is 8.25. The molecule has 0 saturated heterocycles. The third-order valence-electron chi connectivity index (χ3n) is 5.51. The van der Waals surface area contributed by atoms with E-state index in [2.05, 4.69) is 4.74 Å². The third-order valence-corrected chi connectivity index (χ3v) is 6.05. The maximum Gasteiger partial charge on any atom is 0.341 e. The number of methoxy groups -OCH3 is 1. The standard InChI is InChI=1S/C26H29NO8S/c1-5-7-20-14-19-12-13-21(25(29)34-6-2)15-22(19)27(24(20)28)16-17-8-10-18(11-9-17)23(26(30)33-3)35-36(4,31)32/h8-15,23H,5-7,16H2,1-4H3. The van der Waals surface area contributed by atoms with Crippen molar-refractivity contribution < 1.29 is 31.7 Å². The number of benzene rings is 2. The van der Waals surface area contributed by atoms with E-state index in [9.17, 15) is 22.8 Å². The van der Waals surface area contributed by atoms with Crippen molar-refractivity contribution in [2.45, 2.75) is 39.3 Å². The first kappa shape index (κ1) is 27.1. The molecule has 1 unspecified atom stereocenters. The summed E-state index contributed by atoms with van der Waals surface area (Å²) in [6, 6.07) is 13.4. The van der Waals surface area contributed by atoms with Crippen LogP contribution >= 0.6 is 0 Å². The number of pyridine rings is 1. The molecule has 1 atom stereocenters. The molecule has 0 radical (unpaired) electrons. The van der Waals surface area contributed by atoms with Crippen LogP contribution in [0, 0.1) is 0 Å². The fourth-order valence-corrected chi connectivity index (χ4v) is 4.41. The molecule has 3 rings (SSSR count). The molecule has 9 nitrogen and oxygen atoms in total. The quantitative estimate of drug-likeness (QED) is 0.298. The van der Waals surface area contributed by atoms with Crippen molar-refractivity contribution in [2.24, 2.45) is 0 Å². The summed E-state index contributed by atoms with van der Waals surface area (Å²) in [5.41, 5.74) is 2.44. The molecule has 3 aromatic rings. The number of aromatic nitrogens is 1. The monoisotopic (exact) mass is 515 g/mol. The Kier molecular flexibility index (Phi) is 8.65. The van der Waals surface area contributed by atoms with E-state index < -0.39 is 28.2 Å². The van der Waals surface area contributed by atoms with Crippen molar-refractivity contribution in [3.8, 4) is 0 Å². The van der Waals surface area contributed by atoms with Gasteiger partial charge in [0, 0.05) is 5.56 Å². The second-order valence-corrected chi connectivity index (χ2v) is 9.85. The van der Waals surface area contributed by atoms with E-state index in [4.69, 9.17) is 8.92 Å². The molecule has 0 aliphatic heterocycles. The minimum atomic E-state index is -3.92. The van der Waals surface area contributed by atoms with Crippen molar-refractivity contribution in [3.05, 3.63) is 81.1 Å². The van der Waals surface area contributed by atoms with Crippen LogP contribution in [0.25, 0.3) is 10.9 Å².